The molecule has 0 saturated heterocycles. The van der Waals surface area contributed by atoms with Crippen molar-refractivity contribution in [2.24, 2.45) is 0 Å². The van der Waals surface area contributed by atoms with E-state index in [0.717, 1.165) is 70.6 Å². The Hall–Kier alpha value is -1.77. The molecule has 9 nitrogen and oxygen atoms in total. The van der Waals surface area contributed by atoms with Crippen molar-refractivity contribution in [3.63, 3.8) is 0 Å². The molecule has 1 amide bonds. The number of hydrogen-bond donors (Lipinski definition) is 1. The normalized spacial score (nSPS) is 13.8. The van der Waals surface area contributed by atoms with Crippen molar-refractivity contribution in [3.8, 4) is 0 Å². The van der Waals surface area contributed by atoms with Crippen LogP contribution >= 0.6 is 7.82 Å². The summed E-state index contributed by atoms with van der Waals surface area (Å²) in [6.45, 7) is 6.85. The third-order valence-corrected chi connectivity index (χ3v) is 15.8. The van der Waals surface area contributed by atoms with Gasteiger partial charge in [-0.05, 0) is 83.1 Å². The molecule has 1 N–H and O–H groups in total. The molecule has 0 radical (unpaired) electrons. The van der Waals surface area contributed by atoms with E-state index in [1.54, 1.807) is 0 Å². The van der Waals surface area contributed by atoms with Gasteiger partial charge in [-0.3, -0.25) is 14.2 Å². The number of nitrogens with one attached hydrogen (secondary N) is 1. The third kappa shape index (κ3) is 56.9. The summed E-state index contributed by atoms with van der Waals surface area (Å²) in [5.74, 6) is -0.547. The number of carbonyl (C=O) groups is 2. The number of phosphoric ester groups is 1. The maximum Gasteiger partial charge on any atom is 0.306 e. The van der Waals surface area contributed by atoms with E-state index in [0.29, 0.717) is 17.4 Å². The van der Waals surface area contributed by atoms with Crippen LogP contribution in [0.25, 0.3) is 0 Å². The van der Waals surface area contributed by atoms with E-state index in [1.165, 1.54) is 218 Å². The van der Waals surface area contributed by atoms with Crippen molar-refractivity contribution in [2.45, 2.75) is 335 Å². The van der Waals surface area contributed by atoms with Crippen molar-refractivity contribution in [2.75, 3.05) is 40.9 Å². The Morgan fingerprint density at radius 1 is 0.447 bits per heavy atom. The highest BCUT2D eigenvalue weighted by molar-refractivity contribution is 7.45. The standard InChI is InChI=1S/C66H127N2O7P/c1-7-10-13-16-19-22-25-27-29-30-31-32-33-34-35-36-37-38-39-41-44-47-50-53-56-59-66(70)75-64(57-54-51-48-45-42-24-21-18-15-12-9-3)63(62-74-76(71,72)73-61-60-68(4,5)6)67-65(69)58-55-52-49-46-43-40-28-26-23-20-17-14-11-8-2/h27,29,40,43,54,57,63-64H,7-26,28,30-39,41-42,44-53,55-56,58-62H2,1-6H3,(H-,67,69,71,72)/b29-27+,43-40-,57-54-. The van der Waals surface area contributed by atoms with Crippen molar-refractivity contribution in [1.29, 1.82) is 0 Å². The zero-order valence-corrected chi connectivity index (χ0v) is 52.1. The Balaban J connectivity index is 5.03. The Kier molecular flexibility index (Phi) is 55.2. The number of rotatable bonds is 60. The Morgan fingerprint density at radius 2 is 0.763 bits per heavy atom. The SMILES string of the molecule is CCCCCCCC/C=C/CCCCCCCCCCCCCCCCCC(=O)OC(/C=C\CCCCCCCCCCC)C(COP(=O)([O-])OCC[N+](C)(C)C)NC(=O)CCCCC/C=C\CCCCCCCCC. The van der Waals surface area contributed by atoms with Crippen molar-refractivity contribution in [3.05, 3.63) is 36.5 Å². The van der Waals surface area contributed by atoms with Crippen LogP contribution in [0.15, 0.2) is 36.5 Å². The van der Waals surface area contributed by atoms with Gasteiger partial charge in [-0.1, -0.05) is 263 Å². The average Bonchev–Trinajstić information content (AvgIpc) is 3.38. The topological polar surface area (TPSA) is 114 Å². The summed E-state index contributed by atoms with van der Waals surface area (Å²) in [5.41, 5.74) is 0. The first-order valence-electron chi connectivity index (χ1n) is 32.8. The second-order valence-corrected chi connectivity index (χ2v) is 25.0. The van der Waals surface area contributed by atoms with Gasteiger partial charge < -0.3 is 28.5 Å². The Morgan fingerprint density at radius 3 is 1.13 bits per heavy atom. The van der Waals surface area contributed by atoms with Crippen LogP contribution in [-0.2, 0) is 27.9 Å². The predicted octanol–water partition coefficient (Wildman–Crippen LogP) is 19.7. The zero-order valence-electron chi connectivity index (χ0n) is 51.2. The molecular formula is C66H127N2O7P. The average molecular weight is 1090 g/mol. The van der Waals surface area contributed by atoms with Crippen LogP contribution in [0.3, 0.4) is 0 Å². The summed E-state index contributed by atoms with van der Waals surface area (Å²) in [7, 11) is 1.19. The quantitative estimate of drug-likeness (QED) is 0.0212. The Bertz CT molecular complexity index is 1400. The van der Waals surface area contributed by atoms with Gasteiger partial charge in [-0.15, -0.1) is 0 Å². The molecular weight excluding hydrogens is 964 g/mol. The molecule has 448 valence electrons. The number of quaternary nitrogens is 1. The minimum Gasteiger partial charge on any atom is -0.756 e. The molecule has 0 aromatic heterocycles. The second-order valence-electron chi connectivity index (χ2n) is 23.6. The monoisotopic (exact) mass is 1090 g/mol. The van der Waals surface area contributed by atoms with Crippen LogP contribution in [0.1, 0.15) is 323 Å². The van der Waals surface area contributed by atoms with Gasteiger partial charge in [0.1, 0.15) is 19.3 Å². The molecule has 0 aliphatic rings. The number of esters is 1. The number of hydrogen-bond acceptors (Lipinski definition) is 7. The summed E-state index contributed by atoms with van der Waals surface area (Å²) < 4.78 is 30.3. The number of phosphoric acid groups is 1. The van der Waals surface area contributed by atoms with Gasteiger partial charge in [-0.2, -0.15) is 0 Å². The molecule has 0 rings (SSSR count). The highest BCUT2D eigenvalue weighted by atomic mass is 31.2. The largest absolute Gasteiger partial charge is 0.756 e. The van der Waals surface area contributed by atoms with Crippen molar-refractivity contribution in [1.82, 2.24) is 5.32 Å². The fourth-order valence-electron chi connectivity index (χ4n) is 9.69. The molecule has 0 fully saturated rings. The predicted molar refractivity (Wildman–Crippen MR) is 326 cm³/mol. The second kappa shape index (κ2) is 56.5. The summed E-state index contributed by atoms with van der Waals surface area (Å²) in [6, 6.07) is -0.892. The van der Waals surface area contributed by atoms with Gasteiger partial charge in [0.2, 0.25) is 5.91 Å². The van der Waals surface area contributed by atoms with Gasteiger partial charge in [0.15, 0.2) is 0 Å². The summed E-state index contributed by atoms with van der Waals surface area (Å²) in [5, 5.41) is 3.02. The van der Waals surface area contributed by atoms with E-state index in [-0.39, 0.29) is 24.9 Å². The van der Waals surface area contributed by atoms with Crippen LogP contribution in [0.4, 0.5) is 0 Å². The number of nitrogens with zero attached hydrogens (tertiary/aromatic N) is 1. The lowest BCUT2D eigenvalue weighted by Gasteiger charge is -2.30. The molecule has 0 aromatic rings. The highest BCUT2D eigenvalue weighted by Gasteiger charge is 2.27. The van der Waals surface area contributed by atoms with E-state index < -0.39 is 26.6 Å². The zero-order chi connectivity index (χ0) is 55.7. The Labute approximate surface area is 472 Å². The maximum atomic E-state index is 13.5. The van der Waals surface area contributed by atoms with Gasteiger partial charge in [0, 0.05) is 12.8 Å². The van der Waals surface area contributed by atoms with Crippen LogP contribution < -0.4 is 10.2 Å². The fourth-order valence-corrected chi connectivity index (χ4v) is 10.4. The number of unbranched alkanes of at least 4 members (excludes halogenated alkanes) is 40. The first-order valence-corrected chi connectivity index (χ1v) is 34.3. The number of carbonyl (C=O) groups excluding carboxylic acids is 2. The lowest BCUT2D eigenvalue weighted by molar-refractivity contribution is -0.870. The van der Waals surface area contributed by atoms with Crippen molar-refractivity contribution < 1.29 is 37.3 Å². The molecule has 76 heavy (non-hydrogen) atoms. The van der Waals surface area contributed by atoms with Gasteiger partial charge in [-0.25, -0.2) is 0 Å². The van der Waals surface area contributed by atoms with Gasteiger partial charge in [0.05, 0.1) is 33.8 Å². The first kappa shape index (κ1) is 74.2. The molecule has 0 aromatic carbocycles. The van der Waals surface area contributed by atoms with Crippen LogP contribution in [-0.4, -0.2) is 69.4 Å². The lowest BCUT2D eigenvalue weighted by Crippen LogP contribution is -2.47. The van der Waals surface area contributed by atoms with E-state index in [2.05, 4.69) is 50.4 Å². The molecule has 0 bridgehead atoms. The molecule has 0 saturated carbocycles. The number of ether oxygens (including phenoxy) is 1. The van der Waals surface area contributed by atoms with Gasteiger partial charge in [0.25, 0.3) is 7.82 Å². The van der Waals surface area contributed by atoms with Crippen LogP contribution in [0, 0.1) is 0 Å². The van der Waals surface area contributed by atoms with E-state index in [4.69, 9.17) is 13.8 Å². The van der Waals surface area contributed by atoms with E-state index >= 15 is 0 Å². The number of likely N-dealkylation sites (N-methyl/N-ethyl adjacent to an activating group) is 1. The van der Waals surface area contributed by atoms with E-state index in [1.807, 2.05) is 33.3 Å². The molecule has 0 heterocycles. The molecule has 0 aliphatic carbocycles. The smallest absolute Gasteiger partial charge is 0.306 e. The molecule has 3 atom stereocenters. The summed E-state index contributed by atoms with van der Waals surface area (Å²) >= 11 is 0. The highest BCUT2D eigenvalue weighted by Crippen LogP contribution is 2.38. The third-order valence-electron chi connectivity index (χ3n) is 14.8. The summed E-state index contributed by atoms with van der Waals surface area (Å²) in [6.07, 6.45) is 68.4. The lowest BCUT2D eigenvalue weighted by atomic mass is 10.0. The number of amides is 1. The first-order chi connectivity index (χ1) is 36.9. The fraction of sp³-hybridized carbons (Fsp3) is 0.879. The van der Waals surface area contributed by atoms with E-state index in [9.17, 15) is 19.0 Å². The maximum absolute atomic E-state index is 13.5. The summed E-state index contributed by atoms with van der Waals surface area (Å²) in [4.78, 5) is 40.0. The minimum absolute atomic E-state index is 0.0229. The minimum atomic E-state index is -4.70. The molecule has 3 unspecified atom stereocenters. The van der Waals surface area contributed by atoms with Crippen LogP contribution in [0.2, 0.25) is 0 Å². The molecule has 0 spiro atoms. The van der Waals surface area contributed by atoms with Crippen molar-refractivity contribution >= 4 is 19.7 Å². The van der Waals surface area contributed by atoms with Crippen LogP contribution in [0.5, 0.6) is 0 Å². The van der Waals surface area contributed by atoms with Gasteiger partial charge >= 0.3 is 5.97 Å². The number of allylic oxidation sites excluding steroid dienone is 5. The molecule has 10 heteroatoms. The molecule has 0 aliphatic heterocycles.